The van der Waals surface area contributed by atoms with E-state index in [1.54, 1.807) is 6.34 Å². The Morgan fingerprint density at radius 1 is 1.30 bits per heavy atom. The van der Waals surface area contributed by atoms with Crippen molar-refractivity contribution in [2.45, 2.75) is 58.4 Å². The third-order valence-electron chi connectivity index (χ3n) is 3.80. The lowest BCUT2D eigenvalue weighted by molar-refractivity contribution is 0.354. The number of nitriles is 1. The second-order valence-corrected chi connectivity index (χ2v) is 5.75. The fourth-order valence-electron chi connectivity index (χ4n) is 2.50. The summed E-state index contributed by atoms with van der Waals surface area (Å²) in [6, 6.07) is 2.82. The summed E-state index contributed by atoms with van der Waals surface area (Å²) in [5.74, 6) is 1.11. The minimum Gasteiger partial charge on any atom is -0.388 e. The summed E-state index contributed by atoms with van der Waals surface area (Å²) in [6.45, 7) is 8.82. The van der Waals surface area contributed by atoms with Gasteiger partial charge in [0.05, 0.1) is 12.4 Å². The van der Waals surface area contributed by atoms with Crippen LogP contribution < -0.4 is 10.6 Å². The number of hydrogen-bond donors (Lipinski definition) is 2. The molecule has 0 aromatic heterocycles. The minimum absolute atomic E-state index is 0.243. The Hall–Kier alpha value is -2.09. The zero-order valence-corrected chi connectivity index (χ0v) is 14.4. The van der Waals surface area contributed by atoms with Crippen molar-refractivity contribution in [2.24, 2.45) is 15.9 Å². The molecule has 126 valence electrons. The molecule has 5 nitrogen and oxygen atoms in total. The Kier molecular flexibility index (Phi) is 9.46. The zero-order chi connectivity index (χ0) is 16.9. The third-order valence-corrected chi connectivity index (χ3v) is 3.80. The number of nitrogens with one attached hydrogen (secondary N) is 2. The Morgan fingerprint density at radius 2 is 2.04 bits per heavy atom. The molecule has 1 rings (SSSR count). The van der Waals surface area contributed by atoms with Crippen LogP contribution >= 0.6 is 0 Å². The molecule has 0 aromatic rings. The fourth-order valence-corrected chi connectivity index (χ4v) is 2.50. The summed E-state index contributed by atoms with van der Waals surface area (Å²) in [5.41, 5.74) is 0.777. The molecule has 0 aromatic carbocycles. The molecule has 0 heterocycles. The molecule has 0 atom stereocenters. The lowest BCUT2D eigenvalue weighted by Crippen LogP contribution is -2.29. The largest absolute Gasteiger partial charge is 0.388 e. The molecule has 0 bridgehead atoms. The molecule has 1 aliphatic carbocycles. The van der Waals surface area contributed by atoms with Crippen molar-refractivity contribution in [2.75, 3.05) is 6.54 Å². The van der Waals surface area contributed by atoms with E-state index in [2.05, 4.69) is 40.2 Å². The van der Waals surface area contributed by atoms with Crippen LogP contribution in [0.1, 0.15) is 52.4 Å². The van der Waals surface area contributed by atoms with Gasteiger partial charge in [-0.05, 0) is 51.3 Å². The average Bonchev–Trinajstić information content (AvgIpc) is 2.56. The number of aliphatic imine (C=N–C) groups is 2. The average molecular weight is 315 g/mol. The van der Waals surface area contributed by atoms with Gasteiger partial charge >= 0.3 is 0 Å². The topological polar surface area (TPSA) is 72.6 Å². The second kappa shape index (κ2) is 11.5. The first-order chi connectivity index (χ1) is 11.2. The molecule has 1 fully saturated rings. The third kappa shape index (κ3) is 8.20. The Morgan fingerprint density at radius 3 is 2.65 bits per heavy atom. The maximum atomic E-state index is 8.89. The first-order valence-corrected chi connectivity index (χ1v) is 8.53. The molecule has 0 amide bonds. The van der Waals surface area contributed by atoms with Crippen LogP contribution in [0, 0.1) is 17.2 Å². The molecule has 1 aliphatic rings. The number of amidine groups is 1. The van der Waals surface area contributed by atoms with Crippen LogP contribution in [0.2, 0.25) is 0 Å². The Bertz CT molecular complexity index is 476. The van der Waals surface area contributed by atoms with E-state index in [0.717, 1.165) is 56.6 Å². The highest BCUT2D eigenvalue weighted by atomic mass is 15.0. The van der Waals surface area contributed by atoms with Crippen LogP contribution in [0.3, 0.4) is 0 Å². The Balaban J connectivity index is 2.28. The normalized spacial score (nSPS) is 22.2. The first kappa shape index (κ1) is 19.0. The van der Waals surface area contributed by atoms with Gasteiger partial charge < -0.3 is 10.6 Å². The zero-order valence-electron chi connectivity index (χ0n) is 14.4. The van der Waals surface area contributed by atoms with E-state index >= 15 is 0 Å². The van der Waals surface area contributed by atoms with Crippen LogP contribution in [0.15, 0.2) is 34.5 Å². The summed E-state index contributed by atoms with van der Waals surface area (Å²) >= 11 is 0. The molecule has 0 saturated heterocycles. The maximum absolute atomic E-state index is 8.89. The molecule has 5 heteroatoms. The summed E-state index contributed by atoms with van der Waals surface area (Å²) in [7, 11) is 0. The summed E-state index contributed by atoms with van der Waals surface area (Å²) in [4.78, 5) is 8.67. The molecule has 23 heavy (non-hydrogen) atoms. The van der Waals surface area contributed by atoms with Crippen LogP contribution in [-0.2, 0) is 0 Å². The smallest absolute Gasteiger partial charge is 0.124 e. The maximum Gasteiger partial charge on any atom is 0.124 e. The lowest BCUT2D eigenvalue weighted by atomic mass is 9.87. The highest BCUT2D eigenvalue weighted by Gasteiger charge is 2.19. The molecule has 0 spiro atoms. The molecule has 0 radical (unpaired) electrons. The monoisotopic (exact) mass is 315 g/mol. The van der Waals surface area contributed by atoms with Gasteiger partial charge in [-0.15, -0.1) is 0 Å². The minimum atomic E-state index is 0.243. The van der Waals surface area contributed by atoms with Crippen molar-refractivity contribution in [1.82, 2.24) is 10.6 Å². The molecule has 1 saturated carbocycles. The quantitative estimate of drug-likeness (QED) is 0.409. The second-order valence-electron chi connectivity index (χ2n) is 5.75. The van der Waals surface area contributed by atoms with E-state index in [-0.39, 0.29) is 5.92 Å². The van der Waals surface area contributed by atoms with Crippen molar-refractivity contribution in [3.8, 4) is 6.07 Å². The molecule has 2 N–H and O–H groups in total. The van der Waals surface area contributed by atoms with Crippen LogP contribution in [-0.4, -0.2) is 24.8 Å². The van der Waals surface area contributed by atoms with E-state index in [4.69, 9.17) is 5.26 Å². The van der Waals surface area contributed by atoms with Gasteiger partial charge in [0.25, 0.3) is 0 Å². The van der Waals surface area contributed by atoms with Crippen molar-refractivity contribution in [3.05, 3.63) is 24.6 Å². The van der Waals surface area contributed by atoms with Crippen molar-refractivity contribution in [3.63, 3.8) is 0 Å². The number of hydrogen-bond acceptors (Lipinski definition) is 3. The molecular formula is C18H29N5. The van der Waals surface area contributed by atoms with Crippen molar-refractivity contribution in [1.29, 1.82) is 5.26 Å². The predicted molar refractivity (Wildman–Crippen MR) is 97.3 cm³/mol. The van der Waals surface area contributed by atoms with Gasteiger partial charge in [-0.2, -0.15) is 5.26 Å². The number of allylic oxidation sites excluding steroid dienone is 1. The summed E-state index contributed by atoms with van der Waals surface area (Å²) < 4.78 is 0. The van der Waals surface area contributed by atoms with Gasteiger partial charge in [0, 0.05) is 30.6 Å². The predicted octanol–water partition coefficient (Wildman–Crippen LogP) is 3.52. The summed E-state index contributed by atoms with van der Waals surface area (Å²) in [5, 5.41) is 15.3. The van der Waals surface area contributed by atoms with Crippen LogP contribution in [0.5, 0.6) is 0 Å². The van der Waals surface area contributed by atoms with Crippen molar-refractivity contribution < 1.29 is 0 Å². The molecular weight excluding hydrogens is 286 g/mol. The van der Waals surface area contributed by atoms with Crippen LogP contribution in [0.4, 0.5) is 0 Å². The molecule has 0 unspecified atom stereocenters. The highest BCUT2D eigenvalue weighted by Crippen LogP contribution is 2.23. The fraction of sp³-hybridized carbons (Fsp3) is 0.611. The Labute approximate surface area is 140 Å². The first-order valence-electron chi connectivity index (χ1n) is 8.53. The molecule has 0 aliphatic heterocycles. The highest BCUT2D eigenvalue weighted by molar-refractivity contribution is 5.89. The van der Waals surface area contributed by atoms with E-state index in [1.807, 2.05) is 19.2 Å². The van der Waals surface area contributed by atoms with Gasteiger partial charge in [-0.1, -0.05) is 13.5 Å². The van der Waals surface area contributed by atoms with E-state index < -0.39 is 0 Å². The van der Waals surface area contributed by atoms with Crippen LogP contribution in [0.25, 0.3) is 0 Å². The lowest BCUT2D eigenvalue weighted by Gasteiger charge is -2.24. The van der Waals surface area contributed by atoms with Gasteiger partial charge in [-0.25, -0.2) is 4.99 Å². The van der Waals surface area contributed by atoms with Gasteiger partial charge in [-0.3, -0.25) is 4.99 Å². The van der Waals surface area contributed by atoms with Gasteiger partial charge in [0.15, 0.2) is 0 Å². The standard InChI is InChI=1S/C18H29N5/c1-4-6-18(20-5-2)23-14-22-15(3)11-12-21-17-9-7-16(13-19)8-10-17/h11-12,14,16-17,21H,3-10H2,1-2H3,(H,20,22,23)/b12-11+. The summed E-state index contributed by atoms with van der Waals surface area (Å²) in [6.07, 6.45) is 11.5. The number of rotatable bonds is 8. The van der Waals surface area contributed by atoms with E-state index in [0.29, 0.717) is 6.04 Å². The van der Waals surface area contributed by atoms with Crippen molar-refractivity contribution >= 4 is 12.2 Å². The SMILES string of the molecule is C=C(/C=C/NC1CCC(C#N)CC1)NC=NC(CCC)=NCC. The van der Waals surface area contributed by atoms with E-state index in [9.17, 15) is 0 Å². The van der Waals surface area contributed by atoms with Gasteiger partial charge in [0.2, 0.25) is 0 Å². The van der Waals surface area contributed by atoms with Gasteiger partial charge in [0.1, 0.15) is 5.84 Å². The van der Waals surface area contributed by atoms with E-state index in [1.165, 1.54) is 0 Å². The number of nitrogens with zero attached hydrogens (tertiary/aromatic N) is 3.